The molecule has 1 heterocycles. The third-order valence-electron chi connectivity index (χ3n) is 4.76. The summed E-state index contributed by atoms with van der Waals surface area (Å²) in [5.41, 5.74) is 2.47. The largest absolute Gasteiger partial charge is 0.383 e. The van der Waals surface area contributed by atoms with Crippen LogP contribution in [-0.4, -0.2) is 64.6 Å². The van der Waals surface area contributed by atoms with Gasteiger partial charge < -0.3 is 15.4 Å². The zero-order chi connectivity index (χ0) is 20.0. The van der Waals surface area contributed by atoms with Gasteiger partial charge in [0.05, 0.1) is 11.5 Å². The molecule has 0 bridgehead atoms. The van der Waals surface area contributed by atoms with E-state index in [9.17, 15) is 13.2 Å². The van der Waals surface area contributed by atoms with Crippen LogP contribution in [0.15, 0.2) is 17.0 Å². The highest BCUT2D eigenvalue weighted by Crippen LogP contribution is 2.30. The molecule has 1 fully saturated rings. The summed E-state index contributed by atoms with van der Waals surface area (Å²) < 4.78 is 32.9. The number of hydrogen-bond acceptors (Lipinski definition) is 5. The van der Waals surface area contributed by atoms with Crippen LogP contribution in [0.25, 0.3) is 0 Å². The maximum absolute atomic E-state index is 13.3. The molecule has 1 atom stereocenters. The normalized spacial score (nSPS) is 17.4. The highest BCUT2D eigenvalue weighted by atomic mass is 35.5. The summed E-state index contributed by atoms with van der Waals surface area (Å²) in [4.78, 5) is 12.9. The van der Waals surface area contributed by atoms with E-state index in [-0.39, 0.29) is 18.3 Å². The molecule has 0 radical (unpaired) electrons. The molecule has 1 saturated heterocycles. The van der Waals surface area contributed by atoms with Crippen LogP contribution in [-0.2, 0) is 19.6 Å². The van der Waals surface area contributed by atoms with Crippen molar-refractivity contribution in [2.45, 2.75) is 44.6 Å². The van der Waals surface area contributed by atoms with Crippen molar-refractivity contribution in [2.24, 2.45) is 0 Å². The minimum absolute atomic E-state index is 0. The van der Waals surface area contributed by atoms with Crippen molar-refractivity contribution in [3.8, 4) is 0 Å². The van der Waals surface area contributed by atoms with Gasteiger partial charge in [0.15, 0.2) is 0 Å². The van der Waals surface area contributed by atoms with Gasteiger partial charge >= 0.3 is 0 Å². The molecule has 1 aliphatic rings. The first kappa shape index (κ1) is 24.8. The zero-order valence-electron chi connectivity index (χ0n) is 17.1. The standard InChI is InChI=1S/C19H31N3O4S.ClH/c1-14-12-15(2)18(16(3)13-14)27(24,25)22-10-5-6-17(22)19(23)21-8-7-20-9-11-26-4;/h12-13,17,20H,5-11H2,1-4H3,(H,21,23);1H. The predicted octanol–water partition coefficient (Wildman–Crippen LogP) is 1.54. The third-order valence-corrected chi connectivity index (χ3v) is 6.98. The number of ether oxygens (including phenoxy) is 1. The molecule has 1 aliphatic heterocycles. The molecule has 0 saturated carbocycles. The first-order valence-corrected chi connectivity index (χ1v) is 10.8. The van der Waals surface area contributed by atoms with E-state index in [4.69, 9.17) is 4.74 Å². The second-order valence-corrected chi connectivity index (χ2v) is 8.86. The van der Waals surface area contributed by atoms with Crippen molar-refractivity contribution in [3.63, 3.8) is 0 Å². The van der Waals surface area contributed by atoms with Crippen LogP contribution in [0.1, 0.15) is 29.5 Å². The lowest BCUT2D eigenvalue weighted by molar-refractivity contribution is -0.124. The van der Waals surface area contributed by atoms with Gasteiger partial charge in [-0.05, 0) is 44.7 Å². The van der Waals surface area contributed by atoms with E-state index in [2.05, 4.69) is 10.6 Å². The van der Waals surface area contributed by atoms with E-state index in [1.54, 1.807) is 7.11 Å². The van der Waals surface area contributed by atoms with E-state index in [0.717, 1.165) is 16.7 Å². The van der Waals surface area contributed by atoms with Gasteiger partial charge in [0.25, 0.3) is 0 Å². The summed E-state index contributed by atoms with van der Waals surface area (Å²) in [6, 6.07) is 3.10. The summed E-state index contributed by atoms with van der Waals surface area (Å²) in [5, 5.41) is 5.99. The minimum atomic E-state index is -3.71. The van der Waals surface area contributed by atoms with E-state index in [1.165, 1.54) is 4.31 Å². The fraction of sp³-hybridized carbons (Fsp3) is 0.632. The number of rotatable bonds is 9. The van der Waals surface area contributed by atoms with Gasteiger partial charge in [-0.3, -0.25) is 4.79 Å². The number of carbonyl (C=O) groups excluding carboxylic acids is 1. The van der Waals surface area contributed by atoms with Gasteiger partial charge in [0.2, 0.25) is 15.9 Å². The van der Waals surface area contributed by atoms with Gasteiger partial charge in [0.1, 0.15) is 6.04 Å². The lowest BCUT2D eigenvalue weighted by atomic mass is 10.1. The number of sulfonamides is 1. The Balaban J connectivity index is 0.00000392. The maximum atomic E-state index is 13.3. The topological polar surface area (TPSA) is 87.7 Å². The van der Waals surface area contributed by atoms with E-state index >= 15 is 0 Å². The molecule has 160 valence electrons. The van der Waals surface area contributed by atoms with Crippen LogP contribution in [0, 0.1) is 20.8 Å². The number of methoxy groups -OCH3 is 1. The van der Waals surface area contributed by atoms with Crippen molar-refractivity contribution in [2.75, 3.05) is 39.9 Å². The smallest absolute Gasteiger partial charge is 0.244 e. The van der Waals surface area contributed by atoms with Crippen LogP contribution in [0.4, 0.5) is 0 Å². The number of benzene rings is 1. The number of amides is 1. The summed E-state index contributed by atoms with van der Waals surface area (Å²) in [6.45, 7) is 8.33. The molecule has 1 aromatic rings. The van der Waals surface area contributed by atoms with Gasteiger partial charge in [0, 0.05) is 33.3 Å². The zero-order valence-corrected chi connectivity index (χ0v) is 18.7. The summed E-state index contributed by atoms with van der Waals surface area (Å²) in [5.74, 6) is -0.230. The molecule has 1 amide bonds. The van der Waals surface area contributed by atoms with Crippen LogP contribution in [0.3, 0.4) is 0 Å². The van der Waals surface area contributed by atoms with E-state index in [1.807, 2.05) is 32.9 Å². The van der Waals surface area contributed by atoms with Crippen LogP contribution in [0.5, 0.6) is 0 Å². The van der Waals surface area contributed by atoms with Crippen molar-refractivity contribution in [1.82, 2.24) is 14.9 Å². The summed E-state index contributed by atoms with van der Waals surface area (Å²) >= 11 is 0. The van der Waals surface area contributed by atoms with Crippen molar-refractivity contribution in [1.29, 1.82) is 0 Å². The molecule has 0 aromatic heterocycles. The van der Waals surface area contributed by atoms with Crippen LogP contribution >= 0.6 is 12.4 Å². The van der Waals surface area contributed by atoms with Crippen LogP contribution in [0.2, 0.25) is 0 Å². The first-order valence-electron chi connectivity index (χ1n) is 9.36. The SMILES string of the molecule is COCCNCCNC(=O)C1CCCN1S(=O)(=O)c1c(C)cc(C)cc1C.Cl. The average molecular weight is 434 g/mol. The molecule has 0 aliphatic carbocycles. The van der Waals surface area contributed by atoms with Gasteiger partial charge in [-0.2, -0.15) is 4.31 Å². The summed E-state index contributed by atoms with van der Waals surface area (Å²) in [6.07, 6.45) is 1.24. The van der Waals surface area contributed by atoms with E-state index in [0.29, 0.717) is 50.5 Å². The first-order chi connectivity index (χ1) is 12.8. The number of aryl methyl sites for hydroxylation is 3. The minimum Gasteiger partial charge on any atom is -0.383 e. The Kier molecular flexibility index (Phi) is 9.86. The maximum Gasteiger partial charge on any atom is 0.244 e. The number of halogens is 1. The number of carbonyl (C=O) groups is 1. The van der Waals surface area contributed by atoms with Crippen LogP contribution < -0.4 is 10.6 Å². The molecule has 9 heteroatoms. The molecule has 1 unspecified atom stereocenters. The summed E-state index contributed by atoms with van der Waals surface area (Å²) in [7, 11) is -2.08. The molecule has 1 aromatic carbocycles. The van der Waals surface area contributed by atoms with Crippen molar-refractivity contribution < 1.29 is 17.9 Å². The Hall–Kier alpha value is -1.19. The van der Waals surface area contributed by atoms with E-state index < -0.39 is 16.1 Å². The Labute approximate surface area is 174 Å². The van der Waals surface area contributed by atoms with Gasteiger partial charge in [-0.1, -0.05) is 17.7 Å². The highest BCUT2D eigenvalue weighted by molar-refractivity contribution is 7.89. The van der Waals surface area contributed by atoms with Crippen molar-refractivity contribution >= 4 is 28.3 Å². The quantitative estimate of drug-likeness (QED) is 0.577. The second-order valence-electron chi connectivity index (χ2n) is 7.04. The Morgan fingerprint density at radius 2 is 1.82 bits per heavy atom. The Bertz CT molecular complexity index is 747. The molecule has 2 N–H and O–H groups in total. The number of nitrogens with one attached hydrogen (secondary N) is 2. The lowest BCUT2D eigenvalue weighted by Gasteiger charge is -2.25. The molecular weight excluding hydrogens is 402 g/mol. The molecule has 2 rings (SSSR count). The van der Waals surface area contributed by atoms with Gasteiger partial charge in [-0.25, -0.2) is 8.42 Å². The van der Waals surface area contributed by atoms with Crippen molar-refractivity contribution in [3.05, 3.63) is 28.8 Å². The number of hydrogen-bond donors (Lipinski definition) is 2. The Morgan fingerprint density at radius 3 is 2.43 bits per heavy atom. The molecule has 7 nitrogen and oxygen atoms in total. The fourth-order valence-corrected chi connectivity index (χ4v) is 5.74. The predicted molar refractivity (Wildman–Crippen MR) is 113 cm³/mol. The average Bonchev–Trinajstić information content (AvgIpc) is 3.07. The molecular formula is C19H32ClN3O4S. The molecule has 28 heavy (non-hydrogen) atoms. The number of nitrogens with zero attached hydrogens (tertiary/aromatic N) is 1. The Morgan fingerprint density at radius 1 is 1.18 bits per heavy atom. The fourth-order valence-electron chi connectivity index (χ4n) is 3.67. The molecule has 0 spiro atoms. The third kappa shape index (κ3) is 5.90. The second kappa shape index (κ2) is 11.1. The monoisotopic (exact) mass is 433 g/mol. The van der Waals surface area contributed by atoms with Gasteiger partial charge in [-0.15, -0.1) is 12.4 Å². The highest BCUT2D eigenvalue weighted by Gasteiger charge is 2.40. The lowest BCUT2D eigenvalue weighted by Crippen LogP contribution is -2.47.